The smallest absolute Gasteiger partial charge is 0.139 e. The first-order valence-electron chi connectivity index (χ1n) is 21.0. The molecule has 0 atom stereocenters. The topological polar surface area (TPSA) is 13.1 Å². The van der Waals surface area contributed by atoms with Crippen LogP contribution in [0.25, 0.3) is 110 Å². The van der Waals surface area contributed by atoms with Crippen LogP contribution in [0, 0.1) is 0 Å². The van der Waals surface area contributed by atoms with E-state index in [1.54, 1.807) is 0 Å². The van der Waals surface area contributed by atoms with E-state index in [0.717, 1.165) is 27.5 Å². The highest BCUT2D eigenvalue weighted by Crippen LogP contribution is 2.47. The van der Waals surface area contributed by atoms with Crippen LogP contribution in [0.5, 0.6) is 0 Å². The summed E-state index contributed by atoms with van der Waals surface area (Å²) >= 11 is 0. The van der Waals surface area contributed by atoms with Crippen molar-refractivity contribution in [2.75, 3.05) is 0 Å². The summed E-state index contributed by atoms with van der Waals surface area (Å²) in [7, 11) is 11.4. The van der Waals surface area contributed by atoms with Gasteiger partial charge in [-0.2, -0.15) is 0 Å². The molecule has 10 aromatic carbocycles. The number of hydrogen-bond donors (Lipinski definition) is 0. The zero-order chi connectivity index (χ0) is 40.6. The Hall–Kier alpha value is -6.90. The lowest BCUT2D eigenvalue weighted by Gasteiger charge is -2.24. The number of fused-ring (bicyclic) bond motifs is 6. The molecule has 60 heavy (non-hydrogen) atoms. The molecule has 0 bridgehead atoms. The quantitative estimate of drug-likeness (QED) is 0.141. The molecule has 1 aromatic heterocycles. The molecule has 0 N–H and O–H groups in total. The van der Waals surface area contributed by atoms with Gasteiger partial charge in [-0.05, 0) is 112 Å². The van der Waals surface area contributed by atoms with Crippen molar-refractivity contribution in [1.29, 1.82) is 0 Å². The number of hydrogen-bond acceptors (Lipinski definition) is 1. The second-order valence-electron chi connectivity index (χ2n) is 16.5. The summed E-state index contributed by atoms with van der Waals surface area (Å²) in [5.41, 5.74) is 21.0. The first-order valence-corrected chi connectivity index (χ1v) is 21.0. The monoisotopic (exact) mass is 758 g/mol. The molecule has 0 amide bonds. The Morgan fingerprint density at radius 2 is 0.783 bits per heavy atom. The van der Waals surface area contributed by atoms with Crippen molar-refractivity contribution in [1.82, 2.24) is 0 Å². The van der Waals surface area contributed by atoms with Crippen LogP contribution in [-0.4, -0.2) is 39.2 Å². The second kappa shape index (κ2) is 14.1. The summed E-state index contributed by atoms with van der Waals surface area (Å²) in [5, 5.41) is 9.81. The van der Waals surface area contributed by atoms with E-state index in [9.17, 15) is 0 Å². The van der Waals surface area contributed by atoms with Crippen LogP contribution < -0.4 is 27.3 Å². The fraction of sp³-hybridized carbons (Fsp3) is 0. The number of benzene rings is 10. The van der Waals surface area contributed by atoms with Gasteiger partial charge in [-0.3, -0.25) is 0 Å². The molecule has 1 heterocycles. The van der Waals surface area contributed by atoms with Crippen LogP contribution >= 0.6 is 0 Å². The third kappa shape index (κ3) is 5.62. The van der Waals surface area contributed by atoms with Crippen molar-refractivity contribution in [2.24, 2.45) is 0 Å². The van der Waals surface area contributed by atoms with Crippen molar-refractivity contribution in [3.63, 3.8) is 0 Å². The Labute approximate surface area is 355 Å². The first kappa shape index (κ1) is 36.2. The van der Waals surface area contributed by atoms with E-state index in [1.807, 2.05) is 0 Å². The minimum absolute atomic E-state index is 0.893. The minimum Gasteiger partial charge on any atom is -0.456 e. The third-order valence-corrected chi connectivity index (χ3v) is 13.5. The largest absolute Gasteiger partial charge is 0.456 e. The molecule has 276 valence electrons. The van der Waals surface area contributed by atoms with Crippen LogP contribution in [0.15, 0.2) is 180 Å². The first-order chi connectivity index (χ1) is 29.4. The molecule has 0 aliphatic rings. The van der Waals surface area contributed by atoms with Crippen molar-refractivity contribution >= 4 is 121 Å². The molecule has 0 unspecified atom stereocenters. The van der Waals surface area contributed by atoms with Gasteiger partial charge in [0.2, 0.25) is 0 Å². The van der Waals surface area contributed by atoms with Gasteiger partial charge < -0.3 is 4.42 Å². The molecular weight excluding hydrogens is 719 g/mol. The van der Waals surface area contributed by atoms with Crippen molar-refractivity contribution in [2.45, 2.75) is 0 Å². The fourth-order valence-corrected chi connectivity index (χ4v) is 9.96. The van der Waals surface area contributed by atoms with Crippen LogP contribution in [0.1, 0.15) is 0 Å². The maximum absolute atomic E-state index is 6.65. The fourth-order valence-electron chi connectivity index (χ4n) is 9.96. The van der Waals surface area contributed by atoms with E-state index >= 15 is 0 Å². The molecule has 6 heteroatoms. The van der Waals surface area contributed by atoms with E-state index in [4.69, 9.17) is 4.42 Å². The van der Waals surface area contributed by atoms with Gasteiger partial charge in [-0.15, -0.1) is 16.4 Å². The van der Waals surface area contributed by atoms with Crippen LogP contribution in [0.2, 0.25) is 0 Å². The van der Waals surface area contributed by atoms with Gasteiger partial charge in [0.15, 0.2) is 0 Å². The highest BCUT2D eigenvalue weighted by atomic mass is 16.3. The Balaban J connectivity index is 1.07. The Morgan fingerprint density at radius 1 is 0.283 bits per heavy atom. The highest BCUT2D eigenvalue weighted by Gasteiger charge is 2.23. The molecule has 0 radical (unpaired) electrons. The van der Waals surface area contributed by atoms with E-state index in [0.29, 0.717) is 0 Å². The molecule has 0 fully saturated rings. The summed E-state index contributed by atoms with van der Waals surface area (Å²) in [4.78, 5) is 0. The summed E-state index contributed by atoms with van der Waals surface area (Å²) in [5.74, 6) is 0. The second-order valence-corrected chi connectivity index (χ2v) is 16.5. The predicted octanol–water partition coefficient (Wildman–Crippen LogP) is 6.67. The summed E-state index contributed by atoms with van der Waals surface area (Å²) in [6.07, 6.45) is 0. The van der Waals surface area contributed by atoms with Gasteiger partial charge in [-0.1, -0.05) is 163 Å². The zero-order valence-electron chi connectivity index (χ0n) is 34.7. The number of furan rings is 1. The normalized spacial score (nSPS) is 11.7. The summed E-state index contributed by atoms with van der Waals surface area (Å²) in [6.45, 7) is 0. The van der Waals surface area contributed by atoms with Crippen LogP contribution in [0.4, 0.5) is 0 Å². The lowest BCUT2D eigenvalue weighted by atomic mass is 9.59. The van der Waals surface area contributed by atoms with Gasteiger partial charge in [0.25, 0.3) is 0 Å². The van der Waals surface area contributed by atoms with E-state index in [1.165, 1.54) is 110 Å². The average molecular weight is 758 g/mol. The lowest BCUT2D eigenvalue weighted by Crippen LogP contribution is -2.55. The number of rotatable bonds is 5. The highest BCUT2D eigenvalue weighted by molar-refractivity contribution is 6.69. The molecule has 0 aliphatic heterocycles. The molecule has 0 spiro atoms. The van der Waals surface area contributed by atoms with Crippen molar-refractivity contribution in [3.8, 4) is 55.6 Å². The molecule has 0 saturated heterocycles. The van der Waals surface area contributed by atoms with E-state index in [-0.39, 0.29) is 0 Å². The molecule has 1 nitrogen and oxygen atoms in total. The Bertz CT molecular complexity index is 3460. The van der Waals surface area contributed by atoms with Gasteiger partial charge in [-0.25, -0.2) is 0 Å². The van der Waals surface area contributed by atoms with Crippen LogP contribution in [0.3, 0.4) is 0 Å². The molecular formula is C54H39B5O. The summed E-state index contributed by atoms with van der Waals surface area (Å²) in [6, 6.07) is 64.3. The van der Waals surface area contributed by atoms with Gasteiger partial charge in [0.1, 0.15) is 50.4 Å². The zero-order valence-corrected chi connectivity index (χ0v) is 34.7. The maximum atomic E-state index is 6.65. The van der Waals surface area contributed by atoms with E-state index in [2.05, 4.69) is 215 Å². The van der Waals surface area contributed by atoms with Gasteiger partial charge >= 0.3 is 0 Å². The Morgan fingerprint density at radius 3 is 1.45 bits per heavy atom. The minimum atomic E-state index is 0.893. The lowest BCUT2D eigenvalue weighted by molar-refractivity contribution is 0.669. The van der Waals surface area contributed by atoms with E-state index < -0.39 is 0 Å². The van der Waals surface area contributed by atoms with Gasteiger partial charge in [0, 0.05) is 10.8 Å². The van der Waals surface area contributed by atoms with Crippen molar-refractivity contribution in [3.05, 3.63) is 176 Å². The molecule has 11 aromatic rings. The SMILES string of the molecule is Bc1c(B)c(B)c(-c2c3ccccc3c(-c3cccc4oc5ccc(-c6ccc(-c7ccccc7-c7ccc8ccccc8c7)cc6)cc5c34)c3ccccc23)c(B)c1B. The summed E-state index contributed by atoms with van der Waals surface area (Å²) < 4.78 is 6.65. The third-order valence-electron chi connectivity index (χ3n) is 13.5. The van der Waals surface area contributed by atoms with Crippen molar-refractivity contribution < 1.29 is 4.42 Å². The van der Waals surface area contributed by atoms with Crippen LogP contribution in [-0.2, 0) is 0 Å². The maximum Gasteiger partial charge on any atom is 0.139 e. The standard InChI is InChI=1S/C54H39B5O/c55-50-49(51(56)53(58)54(59)52(50)57)48-40-16-7-5-14-38(40)46(39-15-6-8-17-41(39)48)42-18-9-19-45-47(42)43-29-34(26-27-44(43)60-45)31-20-23-32(24-21-31)36-12-3-4-13-37(36)35-25-22-30-10-1-2-11-33(30)28-35/h1-29H,55-59H2. The molecule has 11 rings (SSSR count). The average Bonchev–Trinajstić information content (AvgIpc) is 3.68. The Kier molecular flexibility index (Phi) is 8.53. The molecule has 0 aliphatic carbocycles. The predicted molar refractivity (Wildman–Crippen MR) is 274 cm³/mol. The molecule has 0 saturated carbocycles. The van der Waals surface area contributed by atoms with Gasteiger partial charge in [0.05, 0.1) is 0 Å².